The molecule has 1 heterocycles. The number of hydrogen-bond acceptors (Lipinski definition) is 4. The molecule has 0 aromatic heterocycles. The van der Waals surface area contributed by atoms with Crippen LogP contribution < -0.4 is 10.1 Å². The van der Waals surface area contributed by atoms with Crippen LogP contribution >= 0.6 is 0 Å². The minimum Gasteiger partial charge on any atom is -0.481 e. The van der Waals surface area contributed by atoms with Crippen molar-refractivity contribution >= 4 is 5.91 Å². The molecule has 0 radical (unpaired) electrons. The van der Waals surface area contributed by atoms with E-state index < -0.39 is 6.10 Å². The zero-order valence-electron chi connectivity index (χ0n) is 18.6. The molecule has 1 atom stereocenters. The lowest BCUT2D eigenvalue weighted by molar-refractivity contribution is -0.127. The van der Waals surface area contributed by atoms with Gasteiger partial charge in [0.15, 0.2) is 6.10 Å². The summed E-state index contributed by atoms with van der Waals surface area (Å²) in [5.41, 5.74) is 4.63. The number of carbonyl (C=O) groups excluding carboxylic acids is 1. The molecule has 3 rings (SSSR count). The standard InChI is InChI=1S/C25H34N2O3/c1-18(2)23-10-9-19(3)15-24(23)30-20(4)25(28)26-16-21-7-5-6-8-22(21)17-27-11-13-29-14-12-27/h5-10,15,18,20H,11-14,16-17H2,1-4H3,(H,26,28)/t20-/m0/s1. The Labute approximate surface area is 180 Å². The molecule has 1 aliphatic rings. The maximum Gasteiger partial charge on any atom is 0.261 e. The molecule has 1 saturated heterocycles. The van der Waals surface area contributed by atoms with Crippen molar-refractivity contribution in [1.82, 2.24) is 10.2 Å². The molecule has 1 fully saturated rings. The van der Waals surface area contributed by atoms with Gasteiger partial charge >= 0.3 is 0 Å². The number of rotatable bonds is 8. The number of amides is 1. The van der Waals surface area contributed by atoms with Crippen LogP contribution in [0.1, 0.15) is 48.9 Å². The molecule has 0 bridgehead atoms. The van der Waals surface area contributed by atoms with Crippen LogP contribution in [0.4, 0.5) is 0 Å². The first kappa shape index (κ1) is 22.3. The summed E-state index contributed by atoms with van der Waals surface area (Å²) < 4.78 is 11.5. The summed E-state index contributed by atoms with van der Waals surface area (Å²) in [5.74, 6) is 1.02. The highest BCUT2D eigenvalue weighted by Gasteiger charge is 2.18. The predicted molar refractivity (Wildman–Crippen MR) is 120 cm³/mol. The lowest BCUT2D eigenvalue weighted by Gasteiger charge is -2.27. The molecule has 0 aliphatic carbocycles. The molecule has 162 valence electrons. The number of ether oxygens (including phenoxy) is 2. The Kier molecular flexibility index (Phi) is 7.88. The van der Waals surface area contributed by atoms with Crippen LogP contribution in [-0.2, 0) is 22.6 Å². The van der Waals surface area contributed by atoms with E-state index in [1.807, 2.05) is 19.1 Å². The zero-order chi connectivity index (χ0) is 21.5. The Morgan fingerprint density at radius 3 is 2.50 bits per heavy atom. The molecule has 2 aromatic carbocycles. The van der Waals surface area contributed by atoms with Crippen LogP contribution in [0.5, 0.6) is 5.75 Å². The lowest BCUT2D eigenvalue weighted by Crippen LogP contribution is -2.37. The summed E-state index contributed by atoms with van der Waals surface area (Å²) in [5, 5.41) is 3.05. The molecule has 0 saturated carbocycles. The average Bonchev–Trinajstić information content (AvgIpc) is 2.73. The van der Waals surface area contributed by atoms with Crippen molar-refractivity contribution in [1.29, 1.82) is 0 Å². The summed E-state index contributed by atoms with van der Waals surface area (Å²) in [7, 11) is 0. The quantitative estimate of drug-likeness (QED) is 0.714. The third kappa shape index (κ3) is 6.07. The van der Waals surface area contributed by atoms with E-state index in [0.29, 0.717) is 12.5 Å². The van der Waals surface area contributed by atoms with Gasteiger partial charge in [-0.15, -0.1) is 0 Å². The topological polar surface area (TPSA) is 50.8 Å². The molecule has 5 heteroatoms. The van der Waals surface area contributed by atoms with Gasteiger partial charge in [-0.25, -0.2) is 0 Å². The third-order valence-corrected chi connectivity index (χ3v) is 5.53. The minimum atomic E-state index is -0.560. The molecule has 2 aromatic rings. The van der Waals surface area contributed by atoms with Crippen molar-refractivity contribution in [2.45, 2.75) is 52.8 Å². The highest BCUT2D eigenvalue weighted by molar-refractivity contribution is 5.80. The number of benzene rings is 2. The van der Waals surface area contributed by atoms with Crippen LogP contribution in [0.2, 0.25) is 0 Å². The van der Waals surface area contributed by atoms with Gasteiger partial charge < -0.3 is 14.8 Å². The molecule has 30 heavy (non-hydrogen) atoms. The Bertz CT molecular complexity index is 844. The molecular weight excluding hydrogens is 376 g/mol. The predicted octanol–water partition coefficient (Wildman–Crippen LogP) is 4.03. The van der Waals surface area contributed by atoms with Crippen molar-refractivity contribution in [2.24, 2.45) is 0 Å². The molecular formula is C25H34N2O3. The molecule has 1 amide bonds. The fourth-order valence-corrected chi connectivity index (χ4v) is 3.68. The van der Waals surface area contributed by atoms with Crippen molar-refractivity contribution in [2.75, 3.05) is 26.3 Å². The minimum absolute atomic E-state index is 0.104. The molecule has 1 N–H and O–H groups in total. The number of hydrogen-bond donors (Lipinski definition) is 1. The Hall–Kier alpha value is -2.37. The van der Waals surface area contributed by atoms with E-state index in [2.05, 4.69) is 54.4 Å². The Morgan fingerprint density at radius 1 is 1.10 bits per heavy atom. The lowest BCUT2D eigenvalue weighted by atomic mass is 10.0. The van der Waals surface area contributed by atoms with Crippen LogP contribution in [0.15, 0.2) is 42.5 Å². The largest absolute Gasteiger partial charge is 0.481 e. The highest BCUT2D eigenvalue weighted by Crippen LogP contribution is 2.28. The van der Waals surface area contributed by atoms with E-state index in [-0.39, 0.29) is 5.91 Å². The van der Waals surface area contributed by atoms with Gasteiger partial charge in [0.25, 0.3) is 5.91 Å². The van der Waals surface area contributed by atoms with E-state index in [9.17, 15) is 4.79 Å². The molecule has 0 unspecified atom stereocenters. The fourth-order valence-electron chi connectivity index (χ4n) is 3.68. The molecule has 1 aliphatic heterocycles. The summed E-state index contributed by atoms with van der Waals surface area (Å²) in [6, 6.07) is 14.5. The van der Waals surface area contributed by atoms with Gasteiger partial charge in [0.2, 0.25) is 0 Å². The second-order valence-electron chi connectivity index (χ2n) is 8.33. The van der Waals surface area contributed by atoms with Crippen molar-refractivity contribution in [3.8, 4) is 5.75 Å². The first-order valence-electron chi connectivity index (χ1n) is 10.9. The Balaban J connectivity index is 1.60. The second kappa shape index (κ2) is 10.6. The van der Waals surface area contributed by atoms with Gasteiger partial charge in [-0.2, -0.15) is 0 Å². The maximum atomic E-state index is 12.7. The monoisotopic (exact) mass is 410 g/mol. The van der Waals surface area contributed by atoms with Gasteiger partial charge in [0.05, 0.1) is 13.2 Å². The third-order valence-electron chi connectivity index (χ3n) is 5.53. The van der Waals surface area contributed by atoms with E-state index in [1.165, 1.54) is 5.56 Å². The van der Waals surface area contributed by atoms with Gasteiger partial charge in [-0.3, -0.25) is 9.69 Å². The second-order valence-corrected chi connectivity index (χ2v) is 8.33. The average molecular weight is 411 g/mol. The summed E-state index contributed by atoms with van der Waals surface area (Å²) in [6.45, 7) is 12.9. The number of aryl methyl sites for hydroxylation is 1. The Morgan fingerprint density at radius 2 is 1.80 bits per heavy atom. The van der Waals surface area contributed by atoms with Crippen LogP contribution in [0.3, 0.4) is 0 Å². The number of carbonyl (C=O) groups is 1. The first-order chi connectivity index (χ1) is 14.4. The number of nitrogens with one attached hydrogen (secondary N) is 1. The van der Waals surface area contributed by atoms with Gasteiger partial charge in [0, 0.05) is 26.2 Å². The highest BCUT2D eigenvalue weighted by atomic mass is 16.5. The SMILES string of the molecule is Cc1ccc(C(C)C)c(O[C@@H](C)C(=O)NCc2ccccc2CN2CCOCC2)c1. The van der Waals surface area contributed by atoms with Crippen LogP contribution in [-0.4, -0.2) is 43.2 Å². The van der Waals surface area contributed by atoms with E-state index >= 15 is 0 Å². The van der Waals surface area contributed by atoms with Crippen molar-refractivity contribution in [3.05, 3.63) is 64.7 Å². The summed E-state index contributed by atoms with van der Waals surface area (Å²) in [6.07, 6.45) is -0.560. The number of nitrogens with zero attached hydrogens (tertiary/aromatic N) is 1. The van der Waals surface area contributed by atoms with E-state index in [0.717, 1.165) is 55.3 Å². The number of morpholine rings is 1. The van der Waals surface area contributed by atoms with Crippen LogP contribution in [0.25, 0.3) is 0 Å². The van der Waals surface area contributed by atoms with Gasteiger partial charge in [-0.1, -0.05) is 50.2 Å². The smallest absolute Gasteiger partial charge is 0.261 e. The fraction of sp³-hybridized carbons (Fsp3) is 0.480. The van der Waals surface area contributed by atoms with Crippen molar-refractivity contribution in [3.63, 3.8) is 0 Å². The van der Waals surface area contributed by atoms with Gasteiger partial charge in [-0.05, 0) is 48.1 Å². The summed E-state index contributed by atoms with van der Waals surface area (Å²) >= 11 is 0. The van der Waals surface area contributed by atoms with Crippen molar-refractivity contribution < 1.29 is 14.3 Å². The van der Waals surface area contributed by atoms with Gasteiger partial charge in [0.1, 0.15) is 5.75 Å². The summed E-state index contributed by atoms with van der Waals surface area (Å²) in [4.78, 5) is 15.1. The maximum absolute atomic E-state index is 12.7. The van der Waals surface area contributed by atoms with E-state index in [1.54, 1.807) is 6.92 Å². The molecule has 5 nitrogen and oxygen atoms in total. The van der Waals surface area contributed by atoms with Crippen LogP contribution in [0, 0.1) is 6.92 Å². The zero-order valence-corrected chi connectivity index (χ0v) is 18.6. The first-order valence-corrected chi connectivity index (χ1v) is 10.9. The normalized spacial score (nSPS) is 15.8. The van der Waals surface area contributed by atoms with E-state index in [4.69, 9.17) is 9.47 Å². The molecule has 0 spiro atoms.